The molecular formula is C15H31N3. The smallest absolute Gasteiger partial charge is 0.0145 e. The van der Waals surface area contributed by atoms with Gasteiger partial charge in [-0.1, -0.05) is 13.8 Å². The highest BCUT2D eigenvalue weighted by Gasteiger charge is 2.30. The van der Waals surface area contributed by atoms with Gasteiger partial charge in [0.1, 0.15) is 0 Å². The van der Waals surface area contributed by atoms with Crippen molar-refractivity contribution >= 4 is 0 Å². The summed E-state index contributed by atoms with van der Waals surface area (Å²) in [5.74, 6) is 1.60. The molecule has 3 nitrogen and oxygen atoms in total. The van der Waals surface area contributed by atoms with Crippen molar-refractivity contribution in [3.8, 4) is 0 Å². The number of rotatable bonds is 1. The van der Waals surface area contributed by atoms with E-state index in [2.05, 4.69) is 42.9 Å². The van der Waals surface area contributed by atoms with Gasteiger partial charge in [-0.3, -0.25) is 4.90 Å². The monoisotopic (exact) mass is 253 g/mol. The first-order valence-corrected chi connectivity index (χ1v) is 7.72. The molecule has 0 saturated carbocycles. The minimum Gasteiger partial charge on any atom is -0.314 e. The molecule has 1 N–H and O–H groups in total. The summed E-state index contributed by atoms with van der Waals surface area (Å²) in [5.41, 5.74) is 0. The van der Waals surface area contributed by atoms with Crippen LogP contribution in [0.25, 0.3) is 0 Å². The summed E-state index contributed by atoms with van der Waals surface area (Å²) in [7, 11) is 2.26. The molecule has 0 bridgehead atoms. The van der Waals surface area contributed by atoms with Crippen LogP contribution in [0.4, 0.5) is 0 Å². The molecule has 18 heavy (non-hydrogen) atoms. The maximum absolute atomic E-state index is 3.64. The number of nitrogens with zero attached hydrogens (tertiary/aromatic N) is 2. The molecule has 2 fully saturated rings. The van der Waals surface area contributed by atoms with Crippen LogP contribution >= 0.6 is 0 Å². The Hall–Kier alpha value is -0.120. The second kappa shape index (κ2) is 6.36. The lowest BCUT2D eigenvalue weighted by molar-refractivity contribution is 0.0569. The Labute approximate surface area is 113 Å². The molecule has 0 aromatic carbocycles. The minimum atomic E-state index is 0.678. The molecule has 106 valence electrons. The predicted octanol–water partition coefficient (Wildman–Crippen LogP) is 1.65. The molecule has 3 heteroatoms. The molecule has 2 aliphatic rings. The van der Waals surface area contributed by atoms with Crippen molar-refractivity contribution < 1.29 is 0 Å². The molecule has 2 heterocycles. The second-order valence-corrected chi connectivity index (χ2v) is 6.79. The van der Waals surface area contributed by atoms with Gasteiger partial charge >= 0.3 is 0 Å². The van der Waals surface area contributed by atoms with Crippen LogP contribution in [-0.4, -0.2) is 61.7 Å². The molecule has 0 aromatic heterocycles. The van der Waals surface area contributed by atoms with E-state index in [1.165, 1.54) is 45.6 Å². The molecule has 0 spiro atoms. The van der Waals surface area contributed by atoms with Crippen molar-refractivity contribution in [1.29, 1.82) is 0 Å². The summed E-state index contributed by atoms with van der Waals surface area (Å²) in [4.78, 5) is 5.28. The van der Waals surface area contributed by atoms with E-state index in [4.69, 9.17) is 0 Å². The number of hydrogen-bond acceptors (Lipinski definition) is 3. The van der Waals surface area contributed by atoms with Crippen molar-refractivity contribution in [2.24, 2.45) is 11.8 Å². The standard InChI is InChI=1S/C15H31N3/c1-12-9-16-14(3)5-8-18(10-12)15-6-7-17(4)11-13(15)2/h12-16H,5-11H2,1-4H3. The van der Waals surface area contributed by atoms with Crippen LogP contribution in [0.3, 0.4) is 0 Å². The number of hydrogen-bond donors (Lipinski definition) is 1. The largest absolute Gasteiger partial charge is 0.314 e. The zero-order chi connectivity index (χ0) is 13.1. The first-order valence-electron chi connectivity index (χ1n) is 7.72. The third kappa shape index (κ3) is 3.69. The Morgan fingerprint density at radius 2 is 1.78 bits per heavy atom. The zero-order valence-electron chi connectivity index (χ0n) is 12.7. The summed E-state index contributed by atoms with van der Waals surface area (Å²) in [6.45, 7) is 13.4. The van der Waals surface area contributed by atoms with Gasteiger partial charge in [0, 0.05) is 25.2 Å². The lowest BCUT2D eigenvalue weighted by Gasteiger charge is -2.44. The van der Waals surface area contributed by atoms with E-state index < -0.39 is 0 Å². The Morgan fingerprint density at radius 1 is 1.00 bits per heavy atom. The highest BCUT2D eigenvalue weighted by atomic mass is 15.2. The summed E-state index contributed by atoms with van der Waals surface area (Å²) < 4.78 is 0. The number of nitrogens with one attached hydrogen (secondary N) is 1. The van der Waals surface area contributed by atoms with Crippen molar-refractivity contribution in [3.05, 3.63) is 0 Å². The van der Waals surface area contributed by atoms with Crippen LogP contribution < -0.4 is 5.32 Å². The molecule has 0 aliphatic carbocycles. The fourth-order valence-corrected chi connectivity index (χ4v) is 3.61. The molecule has 2 rings (SSSR count). The number of likely N-dealkylation sites (tertiary alicyclic amines) is 1. The fourth-order valence-electron chi connectivity index (χ4n) is 3.61. The van der Waals surface area contributed by atoms with Gasteiger partial charge in [-0.05, 0) is 58.3 Å². The molecule has 0 radical (unpaired) electrons. The highest BCUT2D eigenvalue weighted by Crippen LogP contribution is 2.23. The van der Waals surface area contributed by atoms with Gasteiger partial charge < -0.3 is 10.2 Å². The van der Waals surface area contributed by atoms with E-state index in [1.54, 1.807) is 0 Å². The summed E-state index contributed by atoms with van der Waals surface area (Å²) >= 11 is 0. The van der Waals surface area contributed by atoms with Gasteiger partial charge in [0.25, 0.3) is 0 Å². The molecule has 0 amide bonds. The molecule has 0 aromatic rings. The van der Waals surface area contributed by atoms with Crippen LogP contribution in [0.2, 0.25) is 0 Å². The Balaban J connectivity index is 1.96. The van der Waals surface area contributed by atoms with Gasteiger partial charge in [0.05, 0.1) is 0 Å². The summed E-state index contributed by atoms with van der Waals surface area (Å²) in [6.07, 6.45) is 2.65. The molecule has 2 aliphatic heterocycles. The molecule has 4 unspecified atom stereocenters. The lowest BCUT2D eigenvalue weighted by Crippen LogP contribution is -2.53. The van der Waals surface area contributed by atoms with E-state index >= 15 is 0 Å². The Bertz CT molecular complexity index is 256. The van der Waals surface area contributed by atoms with E-state index in [-0.39, 0.29) is 0 Å². The van der Waals surface area contributed by atoms with Crippen LogP contribution in [0.15, 0.2) is 0 Å². The predicted molar refractivity (Wildman–Crippen MR) is 77.9 cm³/mol. The highest BCUT2D eigenvalue weighted by molar-refractivity contribution is 4.86. The fraction of sp³-hybridized carbons (Fsp3) is 1.00. The van der Waals surface area contributed by atoms with Crippen LogP contribution in [-0.2, 0) is 0 Å². The Morgan fingerprint density at radius 3 is 2.50 bits per heavy atom. The van der Waals surface area contributed by atoms with Crippen molar-refractivity contribution in [2.45, 2.75) is 45.7 Å². The average molecular weight is 253 g/mol. The van der Waals surface area contributed by atoms with Crippen LogP contribution in [0.5, 0.6) is 0 Å². The third-order valence-electron chi connectivity index (χ3n) is 4.74. The maximum Gasteiger partial charge on any atom is 0.0145 e. The summed E-state index contributed by atoms with van der Waals surface area (Å²) in [6, 6.07) is 1.49. The second-order valence-electron chi connectivity index (χ2n) is 6.79. The van der Waals surface area contributed by atoms with Crippen LogP contribution in [0, 0.1) is 11.8 Å². The van der Waals surface area contributed by atoms with Gasteiger partial charge in [0.15, 0.2) is 0 Å². The zero-order valence-corrected chi connectivity index (χ0v) is 12.7. The first-order chi connectivity index (χ1) is 8.56. The van der Waals surface area contributed by atoms with Gasteiger partial charge in [-0.25, -0.2) is 0 Å². The van der Waals surface area contributed by atoms with Crippen LogP contribution in [0.1, 0.15) is 33.6 Å². The Kier molecular flexibility index (Phi) is 5.05. The average Bonchev–Trinajstić information content (AvgIpc) is 2.30. The first kappa shape index (κ1) is 14.3. The minimum absolute atomic E-state index is 0.678. The van der Waals surface area contributed by atoms with E-state index in [1.807, 2.05) is 0 Å². The SMILES string of the molecule is CC1CNC(C)CCN(C2CCN(C)CC2C)C1. The van der Waals surface area contributed by atoms with E-state index in [0.717, 1.165) is 17.9 Å². The molecule has 4 atom stereocenters. The quantitative estimate of drug-likeness (QED) is 0.766. The van der Waals surface area contributed by atoms with E-state index in [0.29, 0.717) is 6.04 Å². The van der Waals surface area contributed by atoms with Gasteiger partial charge in [-0.15, -0.1) is 0 Å². The molecule has 2 saturated heterocycles. The number of piperidine rings is 1. The summed E-state index contributed by atoms with van der Waals surface area (Å²) in [5, 5.41) is 3.64. The van der Waals surface area contributed by atoms with Crippen molar-refractivity contribution in [3.63, 3.8) is 0 Å². The molecular weight excluding hydrogens is 222 g/mol. The maximum atomic E-state index is 3.64. The van der Waals surface area contributed by atoms with Crippen molar-refractivity contribution in [1.82, 2.24) is 15.1 Å². The van der Waals surface area contributed by atoms with Gasteiger partial charge in [0.2, 0.25) is 0 Å². The topological polar surface area (TPSA) is 18.5 Å². The van der Waals surface area contributed by atoms with Gasteiger partial charge in [-0.2, -0.15) is 0 Å². The third-order valence-corrected chi connectivity index (χ3v) is 4.74. The van der Waals surface area contributed by atoms with Crippen molar-refractivity contribution in [2.75, 3.05) is 39.8 Å². The lowest BCUT2D eigenvalue weighted by atomic mass is 9.91. The normalized spacial score (nSPS) is 41.3. The van der Waals surface area contributed by atoms with E-state index in [9.17, 15) is 0 Å².